The number of aliphatic hydroxyl groups is 1. The number of hydrogen-bond donors (Lipinski definition) is 3. The van der Waals surface area contributed by atoms with E-state index in [2.05, 4.69) is 17.6 Å². The van der Waals surface area contributed by atoms with Crippen molar-refractivity contribution in [3.8, 4) is 5.75 Å². The van der Waals surface area contributed by atoms with E-state index in [0.29, 0.717) is 18.7 Å². The Morgan fingerprint density at radius 1 is 1.07 bits per heavy atom. The first kappa shape index (κ1) is 30.0. The average molecular weight is 606 g/mol. The maximum Gasteiger partial charge on any atom is 0.244 e. The number of fused-ring (bicyclic) bond motifs is 1. The summed E-state index contributed by atoms with van der Waals surface area (Å²) in [4.78, 5) is 44.6. The lowest BCUT2D eigenvalue weighted by atomic mass is 9.65. The Labute approximate surface area is 258 Å². The number of carbonyl (C=O) groups is 3. The number of aliphatic hydroxyl groups excluding tert-OH is 1. The molecule has 4 fully saturated rings. The van der Waals surface area contributed by atoms with Crippen LogP contribution in [0.15, 0.2) is 54.6 Å². The van der Waals surface area contributed by atoms with E-state index in [1.165, 1.54) is 6.42 Å². The summed E-state index contributed by atoms with van der Waals surface area (Å²) in [5.74, 6) is -0.924. The van der Waals surface area contributed by atoms with Gasteiger partial charge in [-0.15, -0.1) is 11.8 Å². The summed E-state index contributed by atoms with van der Waals surface area (Å²) < 4.78 is 4.81. The van der Waals surface area contributed by atoms with Crippen molar-refractivity contribution in [3.63, 3.8) is 0 Å². The molecule has 2 bridgehead atoms. The number of ether oxygens (including phenoxy) is 1. The third kappa shape index (κ3) is 5.43. The van der Waals surface area contributed by atoms with Crippen LogP contribution in [-0.4, -0.2) is 69.1 Å². The quantitative estimate of drug-likeness (QED) is 0.370. The summed E-state index contributed by atoms with van der Waals surface area (Å²) >= 11 is 1.67. The van der Waals surface area contributed by atoms with Gasteiger partial charge in [0.2, 0.25) is 17.7 Å². The van der Waals surface area contributed by atoms with Crippen LogP contribution >= 0.6 is 11.8 Å². The predicted octanol–water partition coefficient (Wildman–Crippen LogP) is 4.41. The largest absolute Gasteiger partial charge is 0.494 e. The molecule has 7 atom stereocenters. The number of benzene rings is 2. The zero-order valence-corrected chi connectivity index (χ0v) is 25.9. The van der Waals surface area contributed by atoms with Gasteiger partial charge in [-0.2, -0.15) is 0 Å². The van der Waals surface area contributed by atoms with E-state index >= 15 is 0 Å². The van der Waals surface area contributed by atoms with Crippen LogP contribution in [0.4, 0.5) is 5.69 Å². The molecule has 3 saturated heterocycles. The third-order valence-corrected chi connectivity index (χ3v) is 12.1. The SMILES string of the molecule is CCOc1ccc(NC(=O)[C@@H]2[C@@H]3CC(C)C4(S3)C(C(=O)NC3CCCCC3)N([C@@H](CO)Cc3ccccc3)C(=O)[C@H]24)cc1. The minimum Gasteiger partial charge on any atom is -0.494 e. The van der Waals surface area contributed by atoms with Crippen molar-refractivity contribution in [2.75, 3.05) is 18.5 Å². The Balaban J connectivity index is 1.33. The molecule has 1 saturated carbocycles. The van der Waals surface area contributed by atoms with E-state index in [1.807, 2.05) is 61.5 Å². The highest BCUT2D eigenvalue weighted by atomic mass is 32.2. The van der Waals surface area contributed by atoms with Gasteiger partial charge in [-0.1, -0.05) is 56.5 Å². The van der Waals surface area contributed by atoms with Gasteiger partial charge in [0.05, 0.1) is 35.8 Å². The van der Waals surface area contributed by atoms with Crippen LogP contribution in [0.25, 0.3) is 0 Å². The topological polar surface area (TPSA) is 108 Å². The fourth-order valence-corrected chi connectivity index (χ4v) is 10.6. The van der Waals surface area contributed by atoms with Crippen molar-refractivity contribution in [2.24, 2.45) is 17.8 Å². The van der Waals surface area contributed by atoms with Crippen LogP contribution in [0.3, 0.4) is 0 Å². The summed E-state index contributed by atoms with van der Waals surface area (Å²) in [5, 5.41) is 17.0. The van der Waals surface area contributed by atoms with Gasteiger partial charge >= 0.3 is 0 Å². The lowest BCUT2D eigenvalue weighted by molar-refractivity contribution is -0.142. The van der Waals surface area contributed by atoms with Crippen molar-refractivity contribution in [3.05, 3.63) is 60.2 Å². The van der Waals surface area contributed by atoms with Gasteiger partial charge in [0, 0.05) is 17.0 Å². The zero-order chi connectivity index (χ0) is 30.1. The molecule has 6 rings (SSSR count). The van der Waals surface area contributed by atoms with E-state index in [0.717, 1.165) is 43.4 Å². The number of nitrogens with zero attached hydrogens (tertiary/aromatic N) is 1. The van der Waals surface area contributed by atoms with Crippen LogP contribution in [0, 0.1) is 17.8 Å². The monoisotopic (exact) mass is 605 g/mol. The summed E-state index contributed by atoms with van der Waals surface area (Å²) in [6.07, 6.45) is 6.42. The second-order valence-corrected chi connectivity index (χ2v) is 14.2. The molecule has 1 spiro atoms. The minimum atomic E-state index is -0.749. The molecule has 43 heavy (non-hydrogen) atoms. The molecular formula is C34H43N3O5S. The standard InChI is InChI=1S/C34H43N3O5S/c1-3-42-26-16-14-24(15-17-26)35-31(39)28-27-18-21(2)34(43-27)29(28)33(41)37(25(20-38)19-22-10-6-4-7-11-22)30(34)32(40)36-23-12-8-5-9-13-23/h4,6-7,10-11,14-17,21,23,25,27-30,38H,3,5,8-9,12-13,18-20H2,1-2H3,(H,35,39)(H,36,40)/t21?,25-,27+,28-,29+,30?,34?/m1/s1. The minimum absolute atomic E-state index is 0.0551. The van der Waals surface area contributed by atoms with Gasteiger partial charge in [0.1, 0.15) is 11.8 Å². The number of rotatable bonds is 10. The van der Waals surface area contributed by atoms with Crippen molar-refractivity contribution in [1.29, 1.82) is 0 Å². The van der Waals surface area contributed by atoms with Crippen LogP contribution < -0.4 is 15.4 Å². The maximum absolute atomic E-state index is 14.6. The Hall–Kier alpha value is -3.04. The summed E-state index contributed by atoms with van der Waals surface area (Å²) in [7, 11) is 0. The summed E-state index contributed by atoms with van der Waals surface area (Å²) in [6.45, 7) is 4.35. The Morgan fingerprint density at radius 2 is 1.79 bits per heavy atom. The molecule has 1 aliphatic carbocycles. The lowest BCUT2D eigenvalue weighted by Gasteiger charge is -2.41. The van der Waals surface area contributed by atoms with Crippen LogP contribution in [-0.2, 0) is 20.8 Å². The summed E-state index contributed by atoms with van der Waals surface area (Å²) in [5.41, 5.74) is 1.64. The number of hydrogen-bond acceptors (Lipinski definition) is 6. The van der Waals surface area contributed by atoms with Crippen molar-refractivity contribution in [2.45, 2.75) is 86.9 Å². The van der Waals surface area contributed by atoms with Crippen LogP contribution in [0.1, 0.15) is 57.9 Å². The molecule has 0 radical (unpaired) electrons. The van der Waals surface area contributed by atoms with E-state index in [4.69, 9.17) is 4.74 Å². The normalized spacial score (nSPS) is 30.6. The maximum atomic E-state index is 14.6. The van der Waals surface area contributed by atoms with Crippen molar-refractivity contribution in [1.82, 2.24) is 10.2 Å². The number of thioether (sulfide) groups is 1. The number of amides is 3. The first-order valence-corrected chi connectivity index (χ1v) is 16.7. The first-order valence-electron chi connectivity index (χ1n) is 15.9. The zero-order valence-electron chi connectivity index (χ0n) is 25.0. The highest BCUT2D eigenvalue weighted by molar-refractivity contribution is 8.02. The number of likely N-dealkylation sites (tertiary alicyclic amines) is 1. The number of anilines is 1. The van der Waals surface area contributed by atoms with E-state index < -0.39 is 28.7 Å². The van der Waals surface area contributed by atoms with Gasteiger partial charge in [0.15, 0.2) is 0 Å². The molecule has 3 aliphatic heterocycles. The van der Waals surface area contributed by atoms with Gasteiger partial charge < -0.3 is 25.4 Å². The molecule has 9 heteroatoms. The molecule has 2 aromatic rings. The van der Waals surface area contributed by atoms with E-state index in [1.54, 1.807) is 16.7 Å². The second kappa shape index (κ2) is 12.5. The lowest BCUT2D eigenvalue weighted by Crippen LogP contribution is -2.60. The molecule has 8 nitrogen and oxygen atoms in total. The highest BCUT2D eigenvalue weighted by Crippen LogP contribution is 2.69. The van der Waals surface area contributed by atoms with Gasteiger partial charge in [0.25, 0.3) is 0 Å². The van der Waals surface area contributed by atoms with Gasteiger partial charge in [-0.3, -0.25) is 14.4 Å². The van der Waals surface area contributed by atoms with E-state index in [9.17, 15) is 19.5 Å². The molecule has 2 aromatic carbocycles. The first-order chi connectivity index (χ1) is 20.9. The van der Waals surface area contributed by atoms with Crippen molar-refractivity contribution < 1.29 is 24.2 Å². The Bertz CT molecular complexity index is 1320. The molecule has 0 aromatic heterocycles. The van der Waals surface area contributed by atoms with Gasteiger partial charge in [-0.05, 0) is 68.4 Å². The van der Waals surface area contributed by atoms with Crippen LogP contribution in [0.5, 0.6) is 5.75 Å². The Kier molecular flexibility index (Phi) is 8.74. The molecule has 4 aliphatic rings. The van der Waals surface area contributed by atoms with Crippen molar-refractivity contribution >= 4 is 35.2 Å². The fraction of sp³-hybridized carbons (Fsp3) is 0.559. The molecule has 3 amide bonds. The summed E-state index contributed by atoms with van der Waals surface area (Å²) in [6, 6.07) is 15.8. The fourth-order valence-electron chi connectivity index (χ4n) is 8.14. The highest BCUT2D eigenvalue weighted by Gasteiger charge is 2.76. The average Bonchev–Trinajstić information content (AvgIpc) is 3.61. The third-order valence-electron chi connectivity index (χ3n) is 10.0. The van der Waals surface area contributed by atoms with E-state index in [-0.39, 0.29) is 41.5 Å². The number of carbonyl (C=O) groups excluding carboxylic acids is 3. The van der Waals surface area contributed by atoms with Gasteiger partial charge in [-0.25, -0.2) is 0 Å². The second-order valence-electron chi connectivity index (χ2n) is 12.6. The molecular weight excluding hydrogens is 562 g/mol. The Morgan fingerprint density at radius 3 is 2.47 bits per heavy atom. The number of nitrogens with one attached hydrogen (secondary N) is 2. The predicted molar refractivity (Wildman–Crippen MR) is 168 cm³/mol. The molecule has 230 valence electrons. The molecule has 3 heterocycles. The molecule has 3 unspecified atom stereocenters. The molecule has 3 N–H and O–H groups in total. The smallest absolute Gasteiger partial charge is 0.244 e. The van der Waals surface area contributed by atoms with Crippen LogP contribution in [0.2, 0.25) is 0 Å².